The van der Waals surface area contributed by atoms with Gasteiger partial charge in [-0.25, -0.2) is 4.98 Å². The molecule has 116 valence electrons. The summed E-state index contributed by atoms with van der Waals surface area (Å²) in [5.41, 5.74) is 8.61. The van der Waals surface area contributed by atoms with Crippen LogP contribution in [0.1, 0.15) is 45.8 Å². The lowest BCUT2D eigenvalue weighted by Crippen LogP contribution is -2.14. The Hall–Kier alpha value is -2.35. The third-order valence-electron chi connectivity index (χ3n) is 5.24. The summed E-state index contributed by atoms with van der Waals surface area (Å²) >= 11 is 0. The first kappa shape index (κ1) is 14.3. The molecule has 1 aliphatic rings. The second kappa shape index (κ2) is 5.69. The average molecular weight is 302 g/mol. The molecule has 1 atom stereocenters. The van der Waals surface area contributed by atoms with E-state index in [1.54, 1.807) is 5.56 Å². The molecular weight excluding hydrogens is 280 g/mol. The van der Waals surface area contributed by atoms with Crippen LogP contribution in [0.3, 0.4) is 0 Å². The highest BCUT2D eigenvalue weighted by molar-refractivity contribution is 5.47. The van der Waals surface area contributed by atoms with E-state index in [2.05, 4.69) is 66.0 Å². The fraction of sp³-hybridized carbons (Fsp3) is 0.286. The van der Waals surface area contributed by atoms with E-state index in [1.807, 2.05) is 12.5 Å². The van der Waals surface area contributed by atoms with Crippen LogP contribution in [0, 0.1) is 13.8 Å². The van der Waals surface area contributed by atoms with Crippen LogP contribution in [0.25, 0.3) is 0 Å². The number of hydrogen-bond acceptors (Lipinski definition) is 1. The molecule has 0 radical (unpaired) electrons. The van der Waals surface area contributed by atoms with Crippen LogP contribution in [0.15, 0.2) is 55.1 Å². The van der Waals surface area contributed by atoms with Crippen molar-refractivity contribution in [2.24, 2.45) is 0 Å². The van der Waals surface area contributed by atoms with Crippen molar-refractivity contribution in [3.63, 3.8) is 0 Å². The Morgan fingerprint density at radius 3 is 2.65 bits per heavy atom. The molecule has 0 spiro atoms. The van der Waals surface area contributed by atoms with Crippen molar-refractivity contribution in [1.29, 1.82) is 0 Å². The summed E-state index contributed by atoms with van der Waals surface area (Å²) < 4.78 is 2.25. The second-order valence-corrected chi connectivity index (χ2v) is 6.54. The van der Waals surface area contributed by atoms with E-state index < -0.39 is 0 Å². The highest BCUT2D eigenvalue weighted by Gasteiger charge is 2.24. The van der Waals surface area contributed by atoms with Crippen molar-refractivity contribution in [3.05, 3.63) is 88.5 Å². The quantitative estimate of drug-likeness (QED) is 0.690. The first-order valence-corrected chi connectivity index (χ1v) is 8.40. The molecule has 0 saturated heterocycles. The summed E-state index contributed by atoms with van der Waals surface area (Å²) in [5.74, 6) is 0. The molecule has 0 saturated carbocycles. The molecular formula is C21H22N2. The van der Waals surface area contributed by atoms with Gasteiger partial charge in [0.1, 0.15) is 0 Å². The van der Waals surface area contributed by atoms with E-state index in [-0.39, 0.29) is 6.04 Å². The Bertz CT molecular complexity index is 831. The van der Waals surface area contributed by atoms with Crippen LogP contribution < -0.4 is 0 Å². The molecule has 1 heterocycles. The fourth-order valence-electron chi connectivity index (χ4n) is 3.89. The highest BCUT2D eigenvalue weighted by atomic mass is 15.1. The fourth-order valence-corrected chi connectivity index (χ4v) is 3.89. The first-order valence-electron chi connectivity index (χ1n) is 8.40. The zero-order valence-electron chi connectivity index (χ0n) is 13.8. The van der Waals surface area contributed by atoms with Crippen LogP contribution >= 0.6 is 0 Å². The normalized spacial score (nSPS) is 14.7. The van der Waals surface area contributed by atoms with Gasteiger partial charge >= 0.3 is 0 Å². The maximum absolute atomic E-state index is 4.30. The van der Waals surface area contributed by atoms with Gasteiger partial charge in [0.25, 0.3) is 0 Å². The lowest BCUT2D eigenvalue weighted by atomic mass is 9.89. The van der Waals surface area contributed by atoms with Crippen molar-refractivity contribution in [2.45, 2.75) is 39.2 Å². The molecule has 23 heavy (non-hydrogen) atoms. The zero-order valence-corrected chi connectivity index (χ0v) is 13.8. The van der Waals surface area contributed by atoms with Gasteiger partial charge in [0, 0.05) is 12.4 Å². The van der Waals surface area contributed by atoms with Gasteiger partial charge in [-0.05, 0) is 66.5 Å². The molecule has 1 unspecified atom stereocenters. The number of fused-ring (bicyclic) bond motifs is 1. The molecule has 0 bridgehead atoms. The average Bonchev–Trinajstić information content (AvgIpc) is 3.23. The van der Waals surface area contributed by atoms with Crippen molar-refractivity contribution in [3.8, 4) is 0 Å². The number of benzene rings is 2. The van der Waals surface area contributed by atoms with Gasteiger partial charge in [-0.15, -0.1) is 0 Å². The smallest absolute Gasteiger partial charge is 0.0954 e. The van der Waals surface area contributed by atoms with E-state index in [0.717, 1.165) is 0 Å². The van der Waals surface area contributed by atoms with Crippen LogP contribution in [-0.2, 0) is 12.8 Å². The van der Waals surface area contributed by atoms with Gasteiger partial charge in [0.2, 0.25) is 0 Å². The van der Waals surface area contributed by atoms with Crippen molar-refractivity contribution < 1.29 is 0 Å². The Kier molecular flexibility index (Phi) is 3.53. The van der Waals surface area contributed by atoms with Crippen LogP contribution in [0.4, 0.5) is 0 Å². The van der Waals surface area contributed by atoms with Crippen molar-refractivity contribution >= 4 is 0 Å². The van der Waals surface area contributed by atoms with Gasteiger partial charge in [0.15, 0.2) is 0 Å². The Morgan fingerprint density at radius 1 is 1.00 bits per heavy atom. The molecule has 0 N–H and O–H groups in total. The number of rotatable bonds is 3. The van der Waals surface area contributed by atoms with Crippen LogP contribution in [0.5, 0.6) is 0 Å². The topological polar surface area (TPSA) is 17.8 Å². The van der Waals surface area contributed by atoms with E-state index >= 15 is 0 Å². The summed E-state index contributed by atoms with van der Waals surface area (Å²) in [5, 5.41) is 0. The minimum atomic E-state index is 0.213. The minimum absolute atomic E-state index is 0.213. The molecule has 1 aliphatic carbocycles. The second-order valence-electron chi connectivity index (χ2n) is 6.54. The number of imidazole rings is 1. The highest BCUT2D eigenvalue weighted by Crippen LogP contribution is 2.36. The largest absolute Gasteiger partial charge is 0.326 e. The predicted octanol–water partition coefficient (Wildman–Crippen LogP) is 4.63. The number of hydrogen-bond donors (Lipinski definition) is 0. The van der Waals surface area contributed by atoms with Gasteiger partial charge in [0.05, 0.1) is 12.4 Å². The Morgan fingerprint density at radius 2 is 1.83 bits per heavy atom. The predicted molar refractivity (Wildman–Crippen MR) is 93.9 cm³/mol. The van der Waals surface area contributed by atoms with E-state index in [9.17, 15) is 0 Å². The number of aryl methyl sites for hydroxylation is 2. The molecule has 4 rings (SSSR count). The summed E-state index contributed by atoms with van der Waals surface area (Å²) in [4.78, 5) is 4.30. The standard InChI is InChI=1S/C21H22N2/c1-15-6-3-9-18(16(15)2)21(23-13-12-22-14-23)20-11-5-8-17-7-4-10-19(17)20/h3,5-6,8-9,11-14,21H,4,7,10H2,1-2H3. The lowest BCUT2D eigenvalue weighted by molar-refractivity contribution is 0.665. The van der Waals surface area contributed by atoms with Gasteiger partial charge in [-0.3, -0.25) is 0 Å². The molecule has 3 aromatic rings. The van der Waals surface area contributed by atoms with Crippen molar-refractivity contribution in [1.82, 2.24) is 9.55 Å². The van der Waals surface area contributed by atoms with Crippen LogP contribution in [0.2, 0.25) is 0 Å². The summed E-state index contributed by atoms with van der Waals surface area (Å²) in [7, 11) is 0. The van der Waals surface area contributed by atoms with Gasteiger partial charge in [-0.1, -0.05) is 36.4 Å². The van der Waals surface area contributed by atoms with E-state index in [4.69, 9.17) is 0 Å². The lowest BCUT2D eigenvalue weighted by Gasteiger charge is -2.25. The Labute approximate surface area is 137 Å². The molecule has 2 aromatic carbocycles. The number of nitrogens with zero attached hydrogens (tertiary/aromatic N) is 2. The third-order valence-corrected chi connectivity index (χ3v) is 5.24. The summed E-state index contributed by atoms with van der Waals surface area (Å²) in [6.07, 6.45) is 9.59. The molecule has 2 nitrogen and oxygen atoms in total. The van der Waals surface area contributed by atoms with E-state index in [0.29, 0.717) is 0 Å². The molecule has 2 heteroatoms. The van der Waals surface area contributed by atoms with Gasteiger partial charge < -0.3 is 4.57 Å². The SMILES string of the molecule is Cc1cccc(C(c2cccc3c2CCC3)n2ccnc2)c1C. The maximum atomic E-state index is 4.30. The molecule has 0 aliphatic heterocycles. The Balaban J connectivity index is 1.95. The molecule has 0 amide bonds. The third kappa shape index (κ3) is 2.39. The van der Waals surface area contributed by atoms with E-state index in [1.165, 1.54) is 47.1 Å². The number of aromatic nitrogens is 2. The summed E-state index contributed by atoms with van der Waals surface area (Å²) in [6.45, 7) is 4.43. The minimum Gasteiger partial charge on any atom is -0.326 e. The van der Waals surface area contributed by atoms with Crippen molar-refractivity contribution in [2.75, 3.05) is 0 Å². The maximum Gasteiger partial charge on any atom is 0.0954 e. The molecule has 1 aromatic heterocycles. The monoisotopic (exact) mass is 302 g/mol. The van der Waals surface area contributed by atoms with Crippen LogP contribution in [-0.4, -0.2) is 9.55 Å². The summed E-state index contributed by atoms with van der Waals surface area (Å²) in [6, 6.07) is 13.7. The first-order chi connectivity index (χ1) is 11.3. The molecule has 0 fully saturated rings. The van der Waals surface area contributed by atoms with Gasteiger partial charge in [-0.2, -0.15) is 0 Å². The zero-order chi connectivity index (χ0) is 15.8.